The Kier molecular flexibility index (Phi) is 14.1. The summed E-state index contributed by atoms with van der Waals surface area (Å²) in [6.07, 6.45) is 33.5. The molecule has 41 heavy (non-hydrogen) atoms. The SMILES string of the molecule is CC1=C(/C=C/C(C)C/C=C/C(C)CC/C=C/C(C)/C=C/CC(C)/C=C/C2=C(C)C(=O)CCC2(C)C)C(C)(C)CCC1. The molecule has 0 N–H and O–H groups in total. The first-order valence-corrected chi connectivity index (χ1v) is 16.5. The van der Waals surface area contributed by atoms with Crippen LogP contribution in [0.2, 0.25) is 0 Å². The second-order valence-electron chi connectivity index (χ2n) is 14.6. The van der Waals surface area contributed by atoms with Gasteiger partial charge in [0.1, 0.15) is 0 Å². The number of Topliss-reactive ketones (excluding diaryl/α,β-unsaturated/α-hetero) is 1. The maximum atomic E-state index is 12.2. The van der Waals surface area contributed by atoms with E-state index >= 15 is 0 Å². The van der Waals surface area contributed by atoms with Gasteiger partial charge in [-0.1, -0.05) is 122 Å². The van der Waals surface area contributed by atoms with Crippen LogP contribution < -0.4 is 0 Å². The predicted octanol–water partition coefficient (Wildman–Crippen LogP) is 12.1. The van der Waals surface area contributed by atoms with Gasteiger partial charge in [0, 0.05) is 6.42 Å². The molecule has 0 radical (unpaired) electrons. The van der Waals surface area contributed by atoms with Crippen molar-refractivity contribution in [2.24, 2.45) is 34.5 Å². The molecule has 4 atom stereocenters. The minimum atomic E-state index is 0.0929. The zero-order valence-electron chi connectivity index (χ0n) is 28.4. The van der Waals surface area contributed by atoms with Gasteiger partial charge in [-0.05, 0) is 116 Å². The molecule has 0 saturated heterocycles. The Balaban J connectivity index is 1.70. The maximum Gasteiger partial charge on any atom is 0.158 e. The third-order valence-electron chi connectivity index (χ3n) is 9.40. The lowest BCUT2D eigenvalue weighted by Crippen LogP contribution is -2.24. The second kappa shape index (κ2) is 16.5. The Bertz CT molecular complexity index is 1060. The number of hydrogen-bond acceptors (Lipinski definition) is 1. The van der Waals surface area contributed by atoms with Crippen LogP contribution >= 0.6 is 0 Å². The van der Waals surface area contributed by atoms with Crippen molar-refractivity contribution in [1.29, 1.82) is 0 Å². The molecular weight excluding hydrogens is 496 g/mol. The standard InChI is InChI=1S/C40H62O/c1-30(18-13-20-32(3)23-25-36-34(5)22-15-28-39(36,7)8)16-11-12-17-31(2)19-14-21-33(4)24-26-37-35(6)38(41)27-29-40(37,9)10/h12-14,17-19,23-26,30-33H,11,15-16,20-22,27-29H2,1-10H3/b17-12+,18-13+,19-14+,25-23+,26-24+. The quantitative estimate of drug-likeness (QED) is 0.194. The summed E-state index contributed by atoms with van der Waals surface area (Å²) in [6.45, 7) is 22.8. The lowest BCUT2D eigenvalue weighted by atomic mass is 9.72. The molecule has 0 aromatic heterocycles. The van der Waals surface area contributed by atoms with Crippen molar-refractivity contribution >= 4 is 5.78 Å². The summed E-state index contributed by atoms with van der Waals surface area (Å²) in [6, 6.07) is 0. The molecule has 2 aliphatic carbocycles. The van der Waals surface area contributed by atoms with Crippen LogP contribution in [0.15, 0.2) is 83.1 Å². The van der Waals surface area contributed by atoms with Gasteiger partial charge < -0.3 is 0 Å². The molecule has 0 bridgehead atoms. The van der Waals surface area contributed by atoms with Crippen molar-refractivity contribution < 1.29 is 4.79 Å². The summed E-state index contributed by atoms with van der Waals surface area (Å²) in [7, 11) is 0. The van der Waals surface area contributed by atoms with Crippen LogP contribution in [-0.4, -0.2) is 5.78 Å². The normalized spacial score (nSPS) is 23.1. The number of hydrogen-bond donors (Lipinski definition) is 0. The van der Waals surface area contributed by atoms with E-state index in [1.54, 1.807) is 11.1 Å². The molecule has 1 heteroatoms. The first-order chi connectivity index (χ1) is 19.2. The van der Waals surface area contributed by atoms with Gasteiger partial charge in [0.05, 0.1) is 0 Å². The number of carbonyl (C=O) groups excluding carboxylic acids is 1. The summed E-state index contributed by atoms with van der Waals surface area (Å²) in [5, 5.41) is 0. The fourth-order valence-corrected chi connectivity index (χ4v) is 6.31. The molecule has 0 aromatic carbocycles. The van der Waals surface area contributed by atoms with Crippen LogP contribution in [0.1, 0.15) is 127 Å². The fraction of sp³-hybridized carbons (Fsp3) is 0.625. The first kappa shape index (κ1) is 35.0. The first-order valence-electron chi connectivity index (χ1n) is 16.5. The number of carbonyl (C=O) groups is 1. The lowest BCUT2D eigenvalue weighted by Gasteiger charge is -2.33. The topological polar surface area (TPSA) is 17.1 Å². The van der Waals surface area contributed by atoms with E-state index in [0.29, 0.717) is 41.3 Å². The largest absolute Gasteiger partial charge is 0.295 e. The molecule has 2 rings (SSSR count). The Morgan fingerprint density at radius 2 is 1.24 bits per heavy atom. The maximum absolute atomic E-state index is 12.2. The minimum absolute atomic E-state index is 0.0929. The van der Waals surface area contributed by atoms with Crippen molar-refractivity contribution in [3.05, 3.63) is 83.1 Å². The van der Waals surface area contributed by atoms with Gasteiger partial charge >= 0.3 is 0 Å². The van der Waals surface area contributed by atoms with E-state index in [2.05, 4.69) is 123 Å². The molecule has 2 aliphatic rings. The summed E-state index contributed by atoms with van der Waals surface area (Å²) >= 11 is 0. The zero-order valence-corrected chi connectivity index (χ0v) is 28.4. The number of ketones is 1. The van der Waals surface area contributed by atoms with E-state index in [1.807, 2.05) is 6.92 Å². The Morgan fingerprint density at radius 3 is 1.88 bits per heavy atom. The Hall–Kier alpha value is -2.15. The summed E-state index contributed by atoms with van der Waals surface area (Å²) in [5.74, 6) is 2.41. The van der Waals surface area contributed by atoms with Crippen LogP contribution in [0.25, 0.3) is 0 Å². The van der Waals surface area contributed by atoms with Crippen LogP contribution in [0.4, 0.5) is 0 Å². The van der Waals surface area contributed by atoms with Crippen molar-refractivity contribution in [2.75, 3.05) is 0 Å². The van der Waals surface area contributed by atoms with E-state index in [0.717, 1.165) is 31.3 Å². The van der Waals surface area contributed by atoms with E-state index < -0.39 is 0 Å². The smallest absolute Gasteiger partial charge is 0.158 e. The molecule has 0 spiro atoms. The number of allylic oxidation sites excluding steroid dienone is 14. The summed E-state index contributed by atoms with van der Waals surface area (Å²) in [4.78, 5) is 12.2. The third kappa shape index (κ3) is 11.9. The summed E-state index contributed by atoms with van der Waals surface area (Å²) < 4.78 is 0. The molecule has 4 unspecified atom stereocenters. The van der Waals surface area contributed by atoms with Gasteiger partial charge in [-0.15, -0.1) is 0 Å². The Morgan fingerprint density at radius 1 is 0.683 bits per heavy atom. The molecule has 228 valence electrons. The third-order valence-corrected chi connectivity index (χ3v) is 9.40. The van der Waals surface area contributed by atoms with Crippen LogP contribution in [0.5, 0.6) is 0 Å². The highest BCUT2D eigenvalue weighted by molar-refractivity contribution is 5.97. The van der Waals surface area contributed by atoms with E-state index in [4.69, 9.17) is 0 Å². The van der Waals surface area contributed by atoms with Gasteiger partial charge in [0.25, 0.3) is 0 Å². The van der Waals surface area contributed by atoms with Gasteiger partial charge in [-0.25, -0.2) is 0 Å². The second-order valence-corrected chi connectivity index (χ2v) is 14.6. The van der Waals surface area contributed by atoms with Crippen LogP contribution in [0.3, 0.4) is 0 Å². The average molecular weight is 559 g/mol. The molecule has 0 amide bonds. The monoisotopic (exact) mass is 558 g/mol. The van der Waals surface area contributed by atoms with Gasteiger partial charge in [-0.2, -0.15) is 0 Å². The van der Waals surface area contributed by atoms with Crippen LogP contribution in [-0.2, 0) is 4.79 Å². The lowest BCUT2D eigenvalue weighted by molar-refractivity contribution is -0.116. The minimum Gasteiger partial charge on any atom is -0.295 e. The highest BCUT2D eigenvalue weighted by Crippen LogP contribution is 2.41. The fourth-order valence-electron chi connectivity index (χ4n) is 6.31. The highest BCUT2D eigenvalue weighted by Gasteiger charge is 2.30. The zero-order chi connectivity index (χ0) is 30.6. The van der Waals surface area contributed by atoms with E-state index in [-0.39, 0.29) is 5.41 Å². The molecule has 0 fully saturated rings. The molecule has 0 aromatic rings. The molecule has 1 nitrogen and oxygen atoms in total. The van der Waals surface area contributed by atoms with Gasteiger partial charge in [0.15, 0.2) is 5.78 Å². The number of rotatable bonds is 14. The van der Waals surface area contributed by atoms with E-state index in [1.165, 1.54) is 31.3 Å². The van der Waals surface area contributed by atoms with Gasteiger partial charge in [0.2, 0.25) is 0 Å². The predicted molar refractivity (Wildman–Crippen MR) is 182 cm³/mol. The molecule has 0 saturated carbocycles. The molecule has 0 heterocycles. The van der Waals surface area contributed by atoms with Crippen molar-refractivity contribution in [2.45, 2.75) is 127 Å². The molecular formula is C40H62O. The van der Waals surface area contributed by atoms with Crippen LogP contribution in [0, 0.1) is 34.5 Å². The molecule has 0 aliphatic heterocycles. The van der Waals surface area contributed by atoms with Gasteiger partial charge in [-0.3, -0.25) is 4.79 Å². The van der Waals surface area contributed by atoms with Crippen molar-refractivity contribution in [3.63, 3.8) is 0 Å². The van der Waals surface area contributed by atoms with E-state index in [9.17, 15) is 4.79 Å². The highest BCUT2D eigenvalue weighted by atomic mass is 16.1. The van der Waals surface area contributed by atoms with Crippen molar-refractivity contribution in [3.8, 4) is 0 Å². The summed E-state index contributed by atoms with van der Waals surface area (Å²) in [5.41, 5.74) is 5.75. The average Bonchev–Trinajstić information content (AvgIpc) is 2.88. The Labute approximate surface area is 254 Å². The van der Waals surface area contributed by atoms with Crippen molar-refractivity contribution in [1.82, 2.24) is 0 Å².